The monoisotopic (exact) mass is 449 g/mol. The van der Waals surface area contributed by atoms with Crippen LogP contribution in [0.15, 0.2) is 70.0 Å². The van der Waals surface area contributed by atoms with Crippen molar-refractivity contribution < 1.29 is 17.6 Å². The molecule has 0 aliphatic carbocycles. The number of terminal acetylenes is 1. The maximum absolute atomic E-state index is 13.4. The number of aryl methyl sites for hydroxylation is 1. The molecule has 0 atom stereocenters. The van der Waals surface area contributed by atoms with E-state index in [4.69, 9.17) is 10.8 Å². The number of hydrogen-bond donors (Lipinski definition) is 0. The highest BCUT2D eigenvalue weighted by Crippen LogP contribution is 2.26. The minimum absolute atomic E-state index is 0.0777. The quantitative estimate of drug-likeness (QED) is 0.418. The number of furan rings is 1. The second-order valence-electron chi connectivity index (χ2n) is 6.37. The number of benzene rings is 2. The molecule has 1 heterocycles. The predicted octanol–water partition coefficient (Wildman–Crippen LogP) is 4.67. The van der Waals surface area contributed by atoms with Crippen molar-refractivity contribution >= 4 is 32.6 Å². The highest BCUT2D eigenvalue weighted by atomic mass is 32.2. The van der Waals surface area contributed by atoms with E-state index < -0.39 is 10.0 Å². The van der Waals surface area contributed by atoms with Crippen LogP contribution in [-0.4, -0.2) is 19.3 Å². The molecule has 0 N–H and O–H groups in total. The molecular formula is C24H19NO4S2. The van der Waals surface area contributed by atoms with E-state index in [9.17, 15) is 13.2 Å². The molecule has 31 heavy (non-hydrogen) atoms. The first kappa shape index (κ1) is 22.3. The van der Waals surface area contributed by atoms with Crippen LogP contribution < -0.4 is 4.31 Å². The van der Waals surface area contributed by atoms with Crippen LogP contribution in [0.2, 0.25) is 0 Å². The molecule has 0 radical (unpaired) electrons. The molecule has 0 unspecified atom stereocenters. The molecule has 3 rings (SSSR count). The van der Waals surface area contributed by atoms with Gasteiger partial charge in [0, 0.05) is 11.6 Å². The maximum Gasteiger partial charge on any atom is 0.275 e. The summed E-state index contributed by atoms with van der Waals surface area (Å²) >= 11 is 1.12. The molecule has 7 heteroatoms. The van der Waals surface area contributed by atoms with E-state index in [1.165, 1.54) is 24.3 Å². The summed E-state index contributed by atoms with van der Waals surface area (Å²) in [5.74, 6) is 6.14. The van der Waals surface area contributed by atoms with Gasteiger partial charge in [0.1, 0.15) is 0 Å². The minimum atomic E-state index is -4.04. The Bertz CT molecular complexity index is 1300. The van der Waals surface area contributed by atoms with Gasteiger partial charge < -0.3 is 4.42 Å². The summed E-state index contributed by atoms with van der Waals surface area (Å²) in [6, 6.07) is 18.8. The molecular weight excluding hydrogens is 430 g/mol. The highest BCUT2D eigenvalue weighted by molar-refractivity contribution is 8.14. The second kappa shape index (κ2) is 9.61. The Hall–Kier alpha value is -3.39. The van der Waals surface area contributed by atoms with Crippen molar-refractivity contribution in [2.75, 3.05) is 10.1 Å². The molecule has 0 amide bonds. The summed E-state index contributed by atoms with van der Waals surface area (Å²) in [6.07, 6.45) is 5.58. The predicted molar refractivity (Wildman–Crippen MR) is 123 cm³/mol. The summed E-state index contributed by atoms with van der Waals surface area (Å²) in [7, 11) is -4.04. The Balaban J connectivity index is 2.09. The van der Waals surface area contributed by atoms with Crippen LogP contribution in [0.1, 0.15) is 34.4 Å². The van der Waals surface area contributed by atoms with Crippen LogP contribution in [-0.2, 0) is 10.0 Å². The van der Waals surface area contributed by atoms with Crippen molar-refractivity contribution in [3.05, 3.63) is 83.3 Å². The largest absolute Gasteiger partial charge is 0.444 e. The molecule has 0 saturated heterocycles. The molecule has 0 aliphatic rings. The first-order valence-corrected chi connectivity index (χ1v) is 11.8. The van der Waals surface area contributed by atoms with Gasteiger partial charge in [0.15, 0.2) is 11.5 Å². The zero-order valence-electron chi connectivity index (χ0n) is 17.0. The average Bonchev–Trinajstić information content (AvgIpc) is 3.24. The highest BCUT2D eigenvalue weighted by Gasteiger charge is 2.25. The molecule has 0 aliphatic heterocycles. The van der Waals surface area contributed by atoms with Gasteiger partial charge in [0.05, 0.1) is 10.6 Å². The first-order chi connectivity index (χ1) is 14.9. The zero-order valence-corrected chi connectivity index (χ0v) is 18.6. The van der Waals surface area contributed by atoms with Crippen LogP contribution in [0.5, 0.6) is 0 Å². The summed E-state index contributed by atoms with van der Waals surface area (Å²) < 4.78 is 33.2. The standard InChI is InChI=1S/C24H19NO4S2/c1-4-19-8-6-7-9-22(19)25(31(27,28)21-13-10-18(3)11-14-21)17-16-20-12-15-23(29-20)24(26)30-5-2/h1,6-15H,5H2,2-3H3. The average molecular weight is 450 g/mol. The Morgan fingerprint density at radius 1 is 1.10 bits per heavy atom. The lowest BCUT2D eigenvalue weighted by Crippen LogP contribution is -2.27. The lowest BCUT2D eigenvalue weighted by molar-refractivity contribution is 0.106. The van der Waals surface area contributed by atoms with Crippen LogP contribution >= 0.6 is 11.8 Å². The lowest BCUT2D eigenvalue weighted by atomic mass is 10.2. The van der Waals surface area contributed by atoms with E-state index >= 15 is 0 Å². The van der Waals surface area contributed by atoms with Crippen molar-refractivity contribution in [2.45, 2.75) is 18.7 Å². The number of rotatable bonds is 5. The number of carbonyl (C=O) groups excluding carboxylic acids is 1. The van der Waals surface area contributed by atoms with Crippen LogP contribution in [0.3, 0.4) is 0 Å². The summed E-state index contributed by atoms with van der Waals surface area (Å²) in [5, 5.41) is -0.211. The van der Waals surface area contributed by atoms with Gasteiger partial charge in [-0.15, -0.1) is 6.42 Å². The Labute approximate surface area is 186 Å². The van der Waals surface area contributed by atoms with Gasteiger partial charge in [0.25, 0.3) is 15.1 Å². The third-order valence-electron chi connectivity index (χ3n) is 4.20. The topological polar surface area (TPSA) is 67.6 Å². The lowest BCUT2D eigenvalue weighted by Gasteiger charge is -2.19. The third kappa shape index (κ3) is 5.03. The van der Waals surface area contributed by atoms with Gasteiger partial charge >= 0.3 is 0 Å². The van der Waals surface area contributed by atoms with Gasteiger partial charge in [-0.05, 0) is 55.0 Å². The molecule has 2 aromatic carbocycles. The molecule has 3 aromatic rings. The molecule has 156 valence electrons. The van der Waals surface area contributed by atoms with E-state index in [1.54, 1.807) is 36.4 Å². The fourth-order valence-electron chi connectivity index (χ4n) is 2.66. The van der Waals surface area contributed by atoms with Gasteiger partial charge in [-0.2, -0.15) is 4.31 Å². The zero-order chi connectivity index (χ0) is 22.4. The van der Waals surface area contributed by atoms with Crippen molar-refractivity contribution in [3.8, 4) is 24.3 Å². The van der Waals surface area contributed by atoms with E-state index in [-0.39, 0.29) is 27.2 Å². The van der Waals surface area contributed by atoms with Crippen molar-refractivity contribution in [2.24, 2.45) is 0 Å². The van der Waals surface area contributed by atoms with Crippen molar-refractivity contribution in [3.63, 3.8) is 0 Å². The molecule has 0 spiro atoms. The van der Waals surface area contributed by atoms with Crippen molar-refractivity contribution in [1.29, 1.82) is 0 Å². The SMILES string of the molecule is C#Cc1ccccc1N(C#Cc1ccc(C(=O)SCC)o1)S(=O)(=O)c1ccc(C)cc1. The smallest absolute Gasteiger partial charge is 0.275 e. The van der Waals surface area contributed by atoms with E-state index in [2.05, 4.69) is 17.9 Å². The van der Waals surface area contributed by atoms with Crippen molar-refractivity contribution in [1.82, 2.24) is 0 Å². The number of carbonyl (C=O) groups is 1. The second-order valence-corrected chi connectivity index (χ2v) is 9.39. The Morgan fingerprint density at radius 3 is 2.48 bits per heavy atom. The van der Waals surface area contributed by atoms with Crippen LogP contribution in [0.25, 0.3) is 0 Å². The molecule has 0 fully saturated rings. The van der Waals surface area contributed by atoms with E-state index in [0.29, 0.717) is 11.3 Å². The number of sulfonamides is 1. The van der Waals surface area contributed by atoms with E-state index in [1.807, 2.05) is 13.8 Å². The normalized spacial score (nSPS) is 10.6. The fourth-order valence-corrected chi connectivity index (χ4v) is 4.45. The summed E-state index contributed by atoms with van der Waals surface area (Å²) in [4.78, 5) is 12.0. The number of hydrogen-bond acceptors (Lipinski definition) is 5. The maximum atomic E-state index is 13.4. The minimum Gasteiger partial charge on any atom is -0.444 e. The summed E-state index contributed by atoms with van der Waals surface area (Å²) in [5.41, 5.74) is 1.56. The number of anilines is 1. The molecule has 0 bridgehead atoms. The van der Waals surface area contributed by atoms with E-state index in [0.717, 1.165) is 21.6 Å². The Morgan fingerprint density at radius 2 is 1.81 bits per heavy atom. The molecule has 1 aromatic heterocycles. The number of nitrogens with zero attached hydrogens (tertiary/aromatic N) is 1. The number of thioether (sulfide) groups is 1. The molecule has 0 saturated carbocycles. The number of para-hydroxylation sites is 1. The van der Waals surface area contributed by atoms with Gasteiger partial charge in [-0.1, -0.05) is 54.4 Å². The Kier molecular flexibility index (Phi) is 6.91. The third-order valence-corrected chi connectivity index (χ3v) is 6.59. The molecule has 5 nitrogen and oxygen atoms in total. The van der Waals surface area contributed by atoms with Crippen LogP contribution in [0.4, 0.5) is 5.69 Å². The summed E-state index contributed by atoms with van der Waals surface area (Å²) in [6.45, 7) is 3.73. The van der Waals surface area contributed by atoms with Gasteiger partial charge in [-0.25, -0.2) is 8.42 Å². The fraction of sp³-hybridized carbons (Fsp3) is 0.125. The van der Waals surface area contributed by atoms with Gasteiger partial charge in [0.2, 0.25) is 0 Å². The van der Waals surface area contributed by atoms with Gasteiger partial charge in [-0.3, -0.25) is 4.79 Å². The van der Waals surface area contributed by atoms with Crippen LogP contribution in [0, 0.1) is 31.2 Å². The first-order valence-electron chi connectivity index (χ1n) is 9.33.